The van der Waals surface area contributed by atoms with Gasteiger partial charge in [-0.3, -0.25) is 4.79 Å². The monoisotopic (exact) mass is 412 g/mol. The third-order valence-electron chi connectivity index (χ3n) is 5.54. The number of oxazole rings is 1. The molecule has 0 unspecified atom stereocenters. The van der Waals surface area contributed by atoms with Gasteiger partial charge in [0.15, 0.2) is 17.6 Å². The van der Waals surface area contributed by atoms with Crippen LogP contribution in [0.15, 0.2) is 40.8 Å². The van der Waals surface area contributed by atoms with Gasteiger partial charge < -0.3 is 14.1 Å². The molecule has 0 aliphatic carbocycles. The van der Waals surface area contributed by atoms with Gasteiger partial charge in [-0.15, -0.1) is 0 Å². The number of para-hydroxylation sites is 2. The minimum atomic E-state index is -0.546. The summed E-state index contributed by atoms with van der Waals surface area (Å²) < 4.78 is 11.8. The van der Waals surface area contributed by atoms with Crippen molar-refractivity contribution in [2.45, 2.75) is 45.6 Å². The van der Waals surface area contributed by atoms with Crippen molar-refractivity contribution in [3.05, 3.63) is 58.4 Å². The lowest BCUT2D eigenvalue weighted by Gasteiger charge is -2.32. The Kier molecular flexibility index (Phi) is 5.50. The van der Waals surface area contributed by atoms with Crippen LogP contribution in [0.1, 0.15) is 42.7 Å². The van der Waals surface area contributed by atoms with E-state index in [2.05, 4.69) is 4.98 Å². The molecule has 152 valence electrons. The van der Waals surface area contributed by atoms with Gasteiger partial charge in [0.1, 0.15) is 11.3 Å². The van der Waals surface area contributed by atoms with Crippen LogP contribution in [0.25, 0.3) is 11.1 Å². The van der Waals surface area contributed by atoms with Crippen LogP contribution in [0.5, 0.6) is 5.75 Å². The number of aromatic nitrogens is 1. The molecule has 29 heavy (non-hydrogen) atoms. The maximum absolute atomic E-state index is 12.9. The summed E-state index contributed by atoms with van der Waals surface area (Å²) in [7, 11) is 0. The van der Waals surface area contributed by atoms with Gasteiger partial charge in [0.25, 0.3) is 5.91 Å². The number of ether oxygens (including phenoxy) is 1. The number of amides is 1. The molecule has 0 bridgehead atoms. The highest BCUT2D eigenvalue weighted by atomic mass is 35.5. The van der Waals surface area contributed by atoms with Gasteiger partial charge in [0.05, 0.1) is 0 Å². The number of carbonyl (C=O) groups excluding carboxylic acids is 1. The van der Waals surface area contributed by atoms with Crippen molar-refractivity contribution in [3.8, 4) is 5.75 Å². The van der Waals surface area contributed by atoms with Crippen molar-refractivity contribution in [2.24, 2.45) is 0 Å². The zero-order valence-corrected chi connectivity index (χ0v) is 17.7. The molecular weight excluding hydrogens is 388 g/mol. The van der Waals surface area contributed by atoms with E-state index in [-0.39, 0.29) is 11.8 Å². The number of hydrogen-bond donors (Lipinski definition) is 0. The van der Waals surface area contributed by atoms with Gasteiger partial charge in [-0.2, -0.15) is 0 Å². The molecular formula is C23H25ClN2O3. The first-order chi connectivity index (χ1) is 13.9. The van der Waals surface area contributed by atoms with Gasteiger partial charge in [0.2, 0.25) is 0 Å². The van der Waals surface area contributed by atoms with Crippen molar-refractivity contribution in [3.63, 3.8) is 0 Å². The fraction of sp³-hybridized carbons (Fsp3) is 0.391. The molecule has 2 aromatic carbocycles. The summed E-state index contributed by atoms with van der Waals surface area (Å²) >= 11 is 6.22. The van der Waals surface area contributed by atoms with Crippen molar-refractivity contribution in [1.82, 2.24) is 9.88 Å². The summed E-state index contributed by atoms with van der Waals surface area (Å²) in [5, 5.41) is 0.734. The van der Waals surface area contributed by atoms with Gasteiger partial charge >= 0.3 is 0 Å². The summed E-state index contributed by atoms with van der Waals surface area (Å²) in [6.45, 7) is 7.02. The summed E-state index contributed by atoms with van der Waals surface area (Å²) in [5.74, 6) is 1.69. The molecule has 1 amide bonds. The zero-order chi connectivity index (χ0) is 20.5. The van der Waals surface area contributed by atoms with Crippen LogP contribution in [0.2, 0.25) is 5.02 Å². The van der Waals surface area contributed by atoms with Crippen LogP contribution in [0, 0.1) is 13.8 Å². The molecule has 0 spiro atoms. The second kappa shape index (κ2) is 8.07. The van der Waals surface area contributed by atoms with E-state index in [0.717, 1.165) is 46.0 Å². The molecule has 1 atom stereocenters. The number of fused-ring (bicyclic) bond motifs is 1. The van der Waals surface area contributed by atoms with Gasteiger partial charge in [-0.1, -0.05) is 23.7 Å². The Labute approximate surface area is 175 Å². The van der Waals surface area contributed by atoms with E-state index >= 15 is 0 Å². The second-order valence-electron chi connectivity index (χ2n) is 7.75. The third kappa shape index (κ3) is 4.10. The number of aryl methyl sites for hydroxylation is 2. The van der Waals surface area contributed by atoms with E-state index in [1.165, 1.54) is 0 Å². The lowest BCUT2D eigenvalue weighted by atomic mass is 9.96. The third-order valence-corrected chi connectivity index (χ3v) is 6.13. The minimum Gasteiger partial charge on any atom is -0.481 e. The molecule has 1 fully saturated rings. The quantitative estimate of drug-likeness (QED) is 0.585. The van der Waals surface area contributed by atoms with Gasteiger partial charge in [-0.05, 0) is 69.0 Å². The average molecular weight is 413 g/mol. The molecule has 3 aromatic rings. The SMILES string of the molecule is Cc1cc(O[C@@H](C)C(=O)N2CCC(c3nc4ccccc4o3)CC2)cc(C)c1Cl. The number of halogens is 1. The molecule has 0 saturated carbocycles. The highest BCUT2D eigenvalue weighted by Crippen LogP contribution is 2.31. The van der Waals surface area contributed by atoms with Crippen LogP contribution in [0.3, 0.4) is 0 Å². The first-order valence-electron chi connectivity index (χ1n) is 10.00. The Hall–Kier alpha value is -2.53. The Morgan fingerprint density at radius 2 is 1.86 bits per heavy atom. The Balaban J connectivity index is 1.37. The molecule has 6 heteroatoms. The number of nitrogens with zero attached hydrogens (tertiary/aromatic N) is 2. The predicted octanol–water partition coefficient (Wildman–Crippen LogP) is 5.27. The van der Waals surface area contributed by atoms with Crippen molar-refractivity contribution in [1.29, 1.82) is 0 Å². The molecule has 0 radical (unpaired) electrons. The molecule has 2 heterocycles. The van der Waals surface area contributed by atoms with Crippen LogP contribution in [-0.4, -0.2) is 35.0 Å². The highest BCUT2D eigenvalue weighted by Gasteiger charge is 2.30. The number of benzene rings is 2. The zero-order valence-electron chi connectivity index (χ0n) is 16.9. The number of likely N-dealkylation sites (tertiary alicyclic amines) is 1. The van der Waals surface area contributed by atoms with Crippen molar-refractivity contribution >= 4 is 28.6 Å². The fourth-order valence-electron chi connectivity index (χ4n) is 3.90. The summed E-state index contributed by atoms with van der Waals surface area (Å²) in [6.07, 6.45) is 1.13. The van der Waals surface area contributed by atoms with E-state index in [1.54, 1.807) is 6.92 Å². The summed E-state index contributed by atoms with van der Waals surface area (Å²) in [6, 6.07) is 11.5. The largest absolute Gasteiger partial charge is 0.481 e. The average Bonchev–Trinajstić information content (AvgIpc) is 3.16. The normalized spacial score (nSPS) is 16.2. The number of piperidine rings is 1. The van der Waals surface area contributed by atoms with E-state index < -0.39 is 6.10 Å². The van der Waals surface area contributed by atoms with Crippen LogP contribution in [0.4, 0.5) is 0 Å². The Morgan fingerprint density at radius 1 is 1.21 bits per heavy atom. The standard InChI is InChI=1S/C23H25ClN2O3/c1-14-12-18(13-15(2)21(14)24)28-16(3)23(27)26-10-8-17(9-11-26)22-25-19-6-4-5-7-20(19)29-22/h4-7,12-13,16-17H,8-11H2,1-3H3/t16-/m0/s1. The lowest BCUT2D eigenvalue weighted by Crippen LogP contribution is -2.44. The summed E-state index contributed by atoms with van der Waals surface area (Å²) in [5.41, 5.74) is 3.59. The first-order valence-corrected chi connectivity index (χ1v) is 10.4. The molecule has 5 nitrogen and oxygen atoms in total. The molecule has 1 aliphatic rings. The van der Waals surface area contributed by atoms with Crippen molar-refractivity contribution < 1.29 is 13.9 Å². The van der Waals surface area contributed by atoms with Gasteiger partial charge in [-0.25, -0.2) is 4.98 Å². The molecule has 0 N–H and O–H groups in total. The Morgan fingerprint density at radius 3 is 2.52 bits per heavy atom. The minimum absolute atomic E-state index is 0.00581. The van der Waals surface area contributed by atoms with E-state index in [4.69, 9.17) is 20.8 Å². The first kappa shape index (κ1) is 19.8. The molecule has 1 aliphatic heterocycles. The molecule has 1 saturated heterocycles. The van der Waals surface area contributed by atoms with E-state index in [9.17, 15) is 4.79 Å². The number of carbonyl (C=O) groups is 1. The van der Waals surface area contributed by atoms with E-state index in [0.29, 0.717) is 18.8 Å². The summed E-state index contributed by atoms with van der Waals surface area (Å²) in [4.78, 5) is 19.3. The number of hydrogen-bond acceptors (Lipinski definition) is 4. The molecule has 1 aromatic heterocycles. The number of rotatable bonds is 4. The van der Waals surface area contributed by atoms with Gasteiger partial charge in [0, 0.05) is 24.0 Å². The Bertz CT molecular complexity index is 982. The predicted molar refractivity (Wildman–Crippen MR) is 114 cm³/mol. The maximum Gasteiger partial charge on any atom is 0.263 e. The van der Waals surface area contributed by atoms with Crippen LogP contribution < -0.4 is 4.74 Å². The van der Waals surface area contributed by atoms with Crippen LogP contribution >= 0.6 is 11.6 Å². The maximum atomic E-state index is 12.9. The van der Waals surface area contributed by atoms with Crippen molar-refractivity contribution in [2.75, 3.05) is 13.1 Å². The topological polar surface area (TPSA) is 55.6 Å². The van der Waals surface area contributed by atoms with Crippen LogP contribution in [-0.2, 0) is 4.79 Å². The molecule has 4 rings (SSSR count). The second-order valence-corrected chi connectivity index (χ2v) is 8.13. The van der Waals surface area contributed by atoms with E-state index in [1.807, 2.05) is 55.1 Å². The fourth-order valence-corrected chi connectivity index (χ4v) is 4.01. The highest BCUT2D eigenvalue weighted by molar-refractivity contribution is 6.32. The smallest absolute Gasteiger partial charge is 0.263 e. The lowest BCUT2D eigenvalue weighted by molar-refractivity contribution is -0.139.